The summed E-state index contributed by atoms with van der Waals surface area (Å²) < 4.78 is 30.3. The standard InChI is InChI=1S/C23H17NO4S3/c1-16-7-5-6-10-20(16)24-22(25)21(30-23(24)29)15-17-11-13-18(14-12-17)28-31(26,27)19-8-3-2-4-9-19/h2-15H,1H3. The van der Waals surface area contributed by atoms with Crippen molar-refractivity contribution in [1.29, 1.82) is 0 Å². The molecule has 1 saturated heterocycles. The molecule has 0 radical (unpaired) electrons. The Bertz CT molecular complexity index is 1280. The first-order valence-corrected chi connectivity index (χ1v) is 11.9. The fourth-order valence-electron chi connectivity index (χ4n) is 3.02. The van der Waals surface area contributed by atoms with Crippen molar-refractivity contribution in [3.8, 4) is 5.75 Å². The van der Waals surface area contributed by atoms with Crippen LogP contribution in [0, 0.1) is 6.92 Å². The van der Waals surface area contributed by atoms with E-state index < -0.39 is 10.1 Å². The number of thioether (sulfide) groups is 1. The summed E-state index contributed by atoms with van der Waals surface area (Å²) in [5.41, 5.74) is 2.46. The highest BCUT2D eigenvalue weighted by molar-refractivity contribution is 8.27. The van der Waals surface area contributed by atoms with Gasteiger partial charge in [-0.2, -0.15) is 8.42 Å². The Morgan fingerprint density at radius 2 is 1.58 bits per heavy atom. The molecule has 1 amide bonds. The summed E-state index contributed by atoms with van der Waals surface area (Å²) in [4.78, 5) is 15.0. The van der Waals surface area contributed by atoms with Gasteiger partial charge < -0.3 is 4.18 Å². The highest BCUT2D eigenvalue weighted by Gasteiger charge is 2.33. The molecule has 3 aromatic rings. The van der Waals surface area contributed by atoms with Gasteiger partial charge in [-0.25, -0.2) is 0 Å². The molecular formula is C23H17NO4S3. The second kappa shape index (κ2) is 8.66. The van der Waals surface area contributed by atoms with Crippen molar-refractivity contribution in [3.05, 3.63) is 94.9 Å². The Balaban J connectivity index is 1.53. The van der Waals surface area contributed by atoms with Crippen molar-refractivity contribution in [2.45, 2.75) is 11.8 Å². The van der Waals surface area contributed by atoms with Crippen molar-refractivity contribution >= 4 is 56.1 Å². The maximum atomic E-state index is 12.9. The third-order valence-corrected chi connectivity index (χ3v) is 7.13. The first kappa shape index (κ1) is 21.3. The second-order valence-electron chi connectivity index (χ2n) is 6.72. The molecule has 1 heterocycles. The Morgan fingerprint density at radius 1 is 0.935 bits per heavy atom. The molecule has 0 atom stereocenters. The number of benzene rings is 3. The van der Waals surface area contributed by atoms with Crippen LogP contribution in [0.5, 0.6) is 5.75 Å². The quantitative estimate of drug-likeness (QED) is 0.293. The molecule has 0 N–H and O–H groups in total. The molecule has 0 aromatic heterocycles. The predicted molar refractivity (Wildman–Crippen MR) is 128 cm³/mol. The van der Waals surface area contributed by atoms with E-state index in [0.717, 1.165) is 16.8 Å². The third-order valence-electron chi connectivity index (χ3n) is 4.57. The lowest BCUT2D eigenvalue weighted by Gasteiger charge is -2.16. The monoisotopic (exact) mass is 467 g/mol. The zero-order valence-electron chi connectivity index (χ0n) is 16.4. The van der Waals surface area contributed by atoms with Crippen LogP contribution < -0.4 is 9.08 Å². The largest absolute Gasteiger partial charge is 0.379 e. The molecule has 1 aliphatic heterocycles. The number of carbonyl (C=O) groups is 1. The van der Waals surface area contributed by atoms with Crippen LogP contribution >= 0.6 is 24.0 Å². The number of nitrogens with zero attached hydrogens (tertiary/aromatic N) is 1. The lowest BCUT2D eigenvalue weighted by Crippen LogP contribution is -2.28. The Labute approximate surface area is 190 Å². The van der Waals surface area contributed by atoms with Crippen LogP contribution in [0.2, 0.25) is 0 Å². The highest BCUT2D eigenvalue weighted by atomic mass is 32.2. The number of anilines is 1. The number of amides is 1. The molecule has 5 nitrogen and oxygen atoms in total. The molecule has 0 spiro atoms. The van der Waals surface area contributed by atoms with Crippen molar-refractivity contribution < 1.29 is 17.4 Å². The predicted octanol–water partition coefficient (Wildman–Crippen LogP) is 5.17. The van der Waals surface area contributed by atoms with Gasteiger partial charge in [0.25, 0.3) is 5.91 Å². The maximum absolute atomic E-state index is 12.9. The number of hydrogen-bond acceptors (Lipinski definition) is 6. The molecule has 0 unspecified atom stereocenters. The summed E-state index contributed by atoms with van der Waals surface area (Å²) in [7, 11) is -3.90. The van der Waals surface area contributed by atoms with Crippen LogP contribution in [0.25, 0.3) is 6.08 Å². The van der Waals surface area contributed by atoms with Crippen LogP contribution in [0.3, 0.4) is 0 Å². The summed E-state index contributed by atoms with van der Waals surface area (Å²) in [6.07, 6.45) is 1.73. The lowest BCUT2D eigenvalue weighted by molar-refractivity contribution is -0.113. The van der Waals surface area contributed by atoms with Crippen molar-refractivity contribution in [3.63, 3.8) is 0 Å². The summed E-state index contributed by atoms with van der Waals surface area (Å²) in [6.45, 7) is 1.93. The average molecular weight is 468 g/mol. The van der Waals surface area contributed by atoms with E-state index in [1.54, 1.807) is 48.5 Å². The van der Waals surface area contributed by atoms with E-state index >= 15 is 0 Å². The minimum atomic E-state index is -3.90. The minimum absolute atomic E-state index is 0.0824. The zero-order valence-corrected chi connectivity index (χ0v) is 18.8. The van der Waals surface area contributed by atoms with Crippen LogP contribution in [0.15, 0.2) is 88.7 Å². The van der Waals surface area contributed by atoms with E-state index in [4.69, 9.17) is 16.4 Å². The van der Waals surface area contributed by atoms with Gasteiger partial charge in [0.1, 0.15) is 10.6 Å². The third kappa shape index (κ3) is 4.56. The second-order valence-corrected chi connectivity index (χ2v) is 9.95. The Morgan fingerprint density at radius 3 is 2.26 bits per heavy atom. The summed E-state index contributed by atoms with van der Waals surface area (Å²) in [5.74, 6) is 0.00439. The number of carbonyl (C=O) groups excluding carboxylic acids is 1. The summed E-state index contributed by atoms with van der Waals surface area (Å²) in [6, 6.07) is 22.0. The van der Waals surface area contributed by atoms with E-state index in [1.165, 1.54) is 28.8 Å². The topological polar surface area (TPSA) is 63.7 Å². The van der Waals surface area contributed by atoms with E-state index in [0.29, 0.717) is 9.23 Å². The van der Waals surface area contributed by atoms with Crippen molar-refractivity contribution in [1.82, 2.24) is 0 Å². The van der Waals surface area contributed by atoms with Crippen molar-refractivity contribution in [2.75, 3.05) is 4.90 Å². The summed E-state index contributed by atoms with van der Waals surface area (Å²) in [5, 5.41) is 0. The van der Waals surface area contributed by atoms with Gasteiger partial charge in [-0.15, -0.1) is 0 Å². The lowest BCUT2D eigenvalue weighted by atomic mass is 10.1. The fourth-order valence-corrected chi connectivity index (χ4v) is 5.26. The van der Waals surface area contributed by atoms with E-state index in [9.17, 15) is 13.2 Å². The van der Waals surface area contributed by atoms with Gasteiger partial charge in [-0.05, 0) is 54.5 Å². The normalized spacial score (nSPS) is 15.5. The molecule has 0 saturated carbocycles. The maximum Gasteiger partial charge on any atom is 0.339 e. The molecule has 1 fully saturated rings. The highest BCUT2D eigenvalue weighted by Crippen LogP contribution is 2.37. The minimum Gasteiger partial charge on any atom is -0.379 e. The smallest absolute Gasteiger partial charge is 0.339 e. The van der Waals surface area contributed by atoms with Gasteiger partial charge in [0.05, 0.1) is 10.6 Å². The number of para-hydroxylation sites is 1. The van der Waals surface area contributed by atoms with Gasteiger partial charge in [-0.3, -0.25) is 9.69 Å². The number of thiocarbonyl (C=S) groups is 1. The van der Waals surface area contributed by atoms with E-state index in [-0.39, 0.29) is 16.6 Å². The molecule has 4 rings (SSSR count). The van der Waals surface area contributed by atoms with Gasteiger partial charge in [0.2, 0.25) is 0 Å². The molecule has 0 bridgehead atoms. The van der Waals surface area contributed by atoms with Gasteiger partial charge >= 0.3 is 10.1 Å². The molecule has 3 aromatic carbocycles. The molecular weight excluding hydrogens is 450 g/mol. The first-order valence-electron chi connectivity index (χ1n) is 9.28. The van der Waals surface area contributed by atoms with Crippen LogP contribution in [0.4, 0.5) is 5.69 Å². The SMILES string of the molecule is Cc1ccccc1N1C(=O)C(=Cc2ccc(OS(=O)(=O)c3ccccc3)cc2)SC1=S. The van der Waals surface area contributed by atoms with E-state index in [1.807, 2.05) is 31.2 Å². The first-order chi connectivity index (χ1) is 14.8. The molecule has 156 valence electrons. The fraction of sp³-hybridized carbons (Fsp3) is 0.0435. The number of aryl methyl sites for hydroxylation is 1. The molecule has 1 aliphatic rings. The van der Waals surface area contributed by atoms with Crippen LogP contribution in [-0.4, -0.2) is 18.6 Å². The summed E-state index contributed by atoms with van der Waals surface area (Å²) >= 11 is 6.65. The molecule has 8 heteroatoms. The van der Waals surface area contributed by atoms with Crippen LogP contribution in [-0.2, 0) is 14.9 Å². The van der Waals surface area contributed by atoms with E-state index in [2.05, 4.69) is 0 Å². The number of hydrogen-bond donors (Lipinski definition) is 0. The van der Waals surface area contributed by atoms with Crippen LogP contribution in [0.1, 0.15) is 11.1 Å². The van der Waals surface area contributed by atoms with Crippen molar-refractivity contribution in [2.24, 2.45) is 0 Å². The Kier molecular flexibility index (Phi) is 5.95. The van der Waals surface area contributed by atoms with Gasteiger partial charge in [-0.1, -0.05) is 72.5 Å². The Hall–Kier alpha value is -2.94. The zero-order chi connectivity index (χ0) is 22.0. The molecule has 0 aliphatic carbocycles. The number of rotatable bonds is 5. The average Bonchev–Trinajstić information content (AvgIpc) is 3.03. The van der Waals surface area contributed by atoms with Gasteiger partial charge in [0.15, 0.2) is 4.32 Å². The van der Waals surface area contributed by atoms with Gasteiger partial charge in [0, 0.05) is 0 Å². The molecule has 31 heavy (non-hydrogen) atoms.